The van der Waals surface area contributed by atoms with Crippen molar-refractivity contribution in [2.24, 2.45) is 5.92 Å². The molecule has 23 heavy (non-hydrogen) atoms. The summed E-state index contributed by atoms with van der Waals surface area (Å²) in [6.45, 7) is 5.69. The van der Waals surface area contributed by atoms with Crippen molar-refractivity contribution in [3.8, 4) is 5.75 Å². The molecule has 1 saturated heterocycles. The summed E-state index contributed by atoms with van der Waals surface area (Å²) in [6, 6.07) is 7.77. The van der Waals surface area contributed by atoms with Gasteiger partial charge >= 0.3 is 0 Å². The molecular formula is C16H24ClNO4S. The molecule has 1 aromatic rings. The zero-order valence-corrected chi connectivity index (χ0v) is 15.1. The first-order valence-electron chi connectivity index (χ1n) is 7.78. The van der Waals surface area contributed by atoms with Crippen LogP contribution >= 0.6 is 11.6 Å². The minimum absolute atomic E-state index is 0.0356. The Hall–Kier alpha value is -0.820. The lowest BCUT2D eigenvalue weighted by Crippen LogP contribution is -2.47. The van der Waals surface area contributed by atoms with Crippen LogP contribution in [-0.2, 0) is 14.8 Å². The molecule has 1 fully saturated rings. The van der Waals surface area contributed by atoms with Gasteiger partial charge in [-0.1, -0.05) is 26.0 Å². The fourth-order valence-electron chi connectivity index (χ4n) is 2.53. The van der Waals surface area contributed by atoms with Gasteiger partial charge in [0.1, 0.15) is 11.0 Å². The molecule has 0 aliphatic carbocycles. The van der Waals surface area contributed by atoms with Gasteiger partial charge < -0.3 is 9.47 Å². The van der Waals surface area contributed by atoms with Crippen LogP contribution < -0.4 is 9.46 Å². The molecule has 1 aliphatic rings. The van der Waals surface area contributed by atoms with Crippen LogP contribution in [0.15, 0.2) is 24.3 Å². The first-order valence-corrected chi connectivity index (χ1v) is 9.96. The van der Waals surface area contributed by atoms with Gasteiger partial charge in [0, 0.05) is 18.6 Å². The van der Waals surface area contributed by atoms with Gasteiger partial charge in [0.15, 0.2) is 0 Å². The summed E-state index contributed by atoms with van der Waals surface area (Å²) < 4.78 is 37.2. The number of ether oxygens (including phenoxy) is 2. The van der Waals surface area contributed by atoms with Gasteiger partial charge in [0.05, 0.1) is 13.2 Å². The Morgan fingerprint density at radius 1 is 1.35 bits per heavy atom. The predicted octanol–water partition coefficient (Wildman–Crippen LogP) is 2.71. The molecule has 0 amide bonds. The van der Waals surface area contributed by atoms with Crippen molar-refractivity contribution in [3.05, 3.63) is 29.8 Å². The van der Waals surface area contributed by atoms with Crippen molar-refractivity contribution in [2.75, 3.05) is 25.0 Å². The molecule has 0 radical (unpaired) electrons. The van der Waals surface area contributed by atoms with E-state index in [0.29, 0.717) is 32.2 Å². The third-order valence-corrected chi connectivity index (χ3v) is 5.77. The molecule has 0 bridgehead atoms. The molecule has 0 saturated carbocycles. The highest BCUT2D eigenvalue weighted by Crippen LogP contribution is 2.21. The fraction of sp³-hybridized carbons (Fsp3) is 0.625. The maximum absolute atomic E-state index is 11.7. The van der Waals surface area contributed by atoms with Crippen LogP contribution in [0.3, 0.4) is 0 Å². The lowest BCUT2D eigenvalue weighted by atomic mass is 9.98. The van der Waals surface area contributed by atoms with Crippen molar-refractivity contribution in [1.29, 1.82) is 0 Å². The number of rotatable bonds is 7. The monoisotopic (exact) mass is 361 g/mol. The number of halogens is 1. The molecule has 7 heteroatoms. The summed E-state index contributed by atoms with van der Waals surface area (Å²) in [5, 5.41) is -0.436. The van der Waals surface area contributed by atoms with Gasteiger partial charge in [-0.2, -0.15) is 0 Å². The smallest absolute Gasteiger partial charge is 0.225 e. The fourth-order valence-corrected chi connectivity index (χ4v) is 3.55. The zero-order valence-electron chi connectivity index (χ0n) is 13.5. The van der Waals surface area contributed by atoms with Crippen molar-refractivity contribution in [3.63, 3.8) is 0 Å². The largest absolute Gasteiger partial charge is 0.493 e. The van der Waals surface area contributed by atoms with E-state index in [9.17, 15) is 8.42 Å². The predicted molar refractivity (Wildman–Crippen MR) is 91.5 cm³/mol. The van der Waals surface area contributed by atoms with Crippen LogP contribution in [0.25, 0.3) is 0 Å². The van der Waals surface area contributed by atoms with E-state index in [-0.39, 0.29) is 12.0 Å². The standard InChI is InChI=1S/C16H24ClNO4S/c1-12(2)13-3-5-15(6-4-13)22-10-14-9-21-8-7-16(14)18-23(19,20)11-17/h3-6,12,14,16,18H,7-11H2,1-2H3/t14-,16-/m1/s1. The second kappa shape index (κ2) is 8.33. The average molecular weight is 362 g/mol. The van der Waals surface area contributed by atoms with Crippen LogP contribution in [0.4, 0.5) is 0 Å². The number of benzene rings is 1. The highest BCUT2D eigenvalue weighted by molar-refractivity contribution is 7.90. The van der Waals surface area contributed by atoms with E-state index in [0.717, 1.165) is 5.75 Å². The molecule has 2 atom stereocenters. The Labute approximate surface area is 143 Å². The lowest BCUT2D eigenvalue weighted by Gasteiger charge is -2.31. The topological polar surface area (TPSA) is 64.6 Å². The Balaban J connectivity index is 1.94. The van der Waals surface area contributed by atoms with Gasteiger partial charge in [0.2, 0.25) is 10.0 Å². The third-order valence-electron chi connectivity index (χ3n) is 3.96. The number of hydrogen-bond donors (Lipinski definition) is 1. The van der Waals surface area contributed by atoms with Crippen molar-refractivity contribution >= 4 is 21.6 Å². The van der Waals surface area contributed by atoms with Crippen LogP contribution in [0.2, 0.25) is 0 Å². The minimum Gasteiger partial charge on any atom is -0.493 e. The van der Waals surface area contributed by atoms with Crippen LogP contribution in [0.1, 0.15) is 31.7 Å². The summed E-state index contributed by atoms with van der Waals surface area (Å²) in [6.07, 6.45) is 0.621. The Morgan fingerprint density at radius 2 is 2.04 bits per heavy atom. The molecule has 0 spiro atoms. The van der Waals surface area contributed by atoms with Gasteiger partial charge in [0.25, 0.3) is 0 Å². The number of hydrogen-bond acceptors (Lipinski definition) is 4. The molecule has 1 aliphatic heterocycles. The highest BCUT2D eigenvalue weighted by Gasteiger charge is 2.29. The third kappa shape index (κ3) is 5.64. The Morgan fingerprint density at radius 3 is 2.65 bits per heavy atom. The Kier molecular flexibility index (Phi) is 6.71. The second-order valence-corrected chi connectivity index (χ2v) is 8.44. The molecule has 2 rings (SSSR count). The van der Waals surface area contributed by atoms with E-state index in [2.05, 4.69) is 18.6 Å². The number of alkyl halides is 1. The molecule has 0 unspecified atom stereocenters. The number of nitrogens with one attached hydrogen (secondary N) is 1. The molecule has 130 valence electrons. The van der Waals surface area contributed by atoms with Crippen molar-refractivity contribution in [2.45, 2.75) is 32.2 Å². The van der Waals surface area contributed by atoms with Crippen LogP contribution in [0, 0.1) is 5.92 Å². The van der Waals surface area contributed by atoms with Gasteiger partial charge in [-0.25, -0.2) is 13.1 Å². The number of sulfonamides is 1. The second-order valence-electron chi connectivity index (χ2n) is 6.11. The summed E-state index contributed by atoms with van der Waals surface area (Å²) in [5.41, 5.74) is 1.26. The molecular weight excluding hydrogens is 338 g/mol. The Bertz CT molecular complexity index is 589. The van der Waals surface area contributed by atoms with Gasteiger partial charge in [-0.3, -0.25) is 0 Å². The molecule has 0 aromatic heterocycles. The van der Waals surface area contributed by atoms with Gasteiger partial charge in [-0.05, 0) is 30.0 Å². The van der Waals surface area contributed by atoms with E-state index in [1.165, 1.54) is 5.56 Å². The lowest BCUT2D eigenvalue weighted by molar-refractivity contribution is 0.0187. The zero-order chi connectivity index (χ0) is 16.9. The first-order chi connectivity index (χ1) is 10.9. The summed E-state index contributed by atoms with van der Waals surface area (Å²) >= 11 is 5.46. The maximum atomic E-state index is 11.7. The summed E-state index contributed by atoms with van der Waals surface area (Å²) in [4.78, 5) is 0. The van der Waals surface area contributed by atoms with E-state index >= 15 is 0 Å². The maximum Gasteiger partial charge on any atom is 0.225 e. The molecule has 1 aromatic carbocycles. The SMILES string of the molecule is CC(C)c1ccc(OC[C@H]2COCC[C@H]2NS(=O)(=O)CCl)cc1. The summed E-state index contributed by atoms with van der Waals surface area (Å²) in [5.74, 6) is 1.22. The van der Waals surface area contributed by atoms with Gasteiger partial charge in [-0.15, -0.1) is 11.6 Å². The van der Waals surface area contributed by atoms with E-state index in [4.69, 9.17) is 21.1 Å². The first kappa shape index (κ1) is 18.5. The van der Waals surface area contributed by atoms with Crippen molar-refractivity contribution < 1.29 is 17.9 Å². The molecule has 1 heterocycles. The van der Waals surface area contributed by atoms with Crippen LogP contribution in [-0.4, -0.2) is 39.5 Å². The van der Waals surface area contributed by atoms with Crippen molar-refractivity contribution in [1.82, 2.24) is 4.72 Å². The van der Waals surface area contributed by atoms with E-state index in [1.54, 1.807) is 0 Å². The quantitative estimate of drug-likeness (QED) is 0.758. The summed E-state index contributed by atoms with van der Waals surface area (Å²) in [7, 11) is -3.45. The van der Waals surface area contributed by atoms with E-state index < -0.39 is 15.2 Å². The van der Waals surface area contributed by atoms with E-state index in [1.807, 2.05) is 24.3 Å². The molecule has 5 nitrogen and oxygen atoms in total. The normalized spacial score (nSPS) is 22.3. The molecule has 1 N–H and O–H groups in total. The van der Waals surface area contributed by atoms with Crippen LogP contribution in [0.5, 0.6) is 5.75 Å². The highest BCUT2D eigenvalue weighted by atomic mass is 35.5. The average Bonchev–Trinajstić information content (AvgIpc) is 2.54. The minimum atomic E-state index is -3.45.